The molecule has 2 fully saturated rings. The van der Waals surface area contributed by atoms with Gasteiger partial charge in [-0.2, -0.15) is 0 Å². The largest absolute Gasteiger partial charge is 0.395 e. The number of aliphatic hydroxyl groups is 1. The van der Waals surface area contributed by atoms with Gasteiger partial charge in [-0.05, 0) is 56.8 Å². The van der Waals surface area contributed by atoms with Gasteiger partial charge in [0.25, 0.3) is 0 Å². The molecule has 0 bridgehead atoms. The number of benzene rings is 1. The number of nitrogens with zero attached hydrogens (tertiary/aromatic N) is 2. The molecule has 26 heavy (non-hydrogen) atoms. The Hall–Kier alpha value is -0.850. The smallest absolute Gasteiger partial charge is 0.248 e. The van der Waals surface area contributed by atoms with E-state index in [1.165, 1.54) is 10.6 Å². The summed E-state index contributed by atoms with van der Waals surface area (Å²) in [5, 5.41) is 9.52. The van der Waals surface area contributed by atoms with Gasteiger partial charge in [0.15, 0.2) is 0 Å². The van der Waals surface area contributed by atoms with Crippen molar-refractivity contribution in [1.82, 2.24) is 4.90 Å². The number of hydrogen-bond donors (Lipinski definition) is 1. The van der Waals surface area contributed by atoms with Crippen LogP contribution in [0, 0.1) is 5.92 Å². The van der Waals surface area contributed by atoms with E-state index in [1.54, 1.807) is 0 Å². The fourth-order valence-electron chi connectivity index (χ4n) is 4.73. The highest BCUT2D eigenvalue weighted by Crippen LogP contribution is 2.51. The predicted molar refractivity (Wildman–Crippen MR) is 102 cm³/mol. The van der Waals surface area contributed by atoms with Crippen LogP contribution in [0.5, 0.6) is 0 Å². The molecule has 0 amide bonds. The van der Waals surface area contributed by atoms with Gasteiger partial charge in [0.1, 0.15) is 0 Å². The Labute approximate surface area is 158 Å². The average Bonchev–Trinajstić information content (AvgIpc) is 3.02. The number of thioether (sulfide) groups is 1. The van der Waals surface area contributed by atoms with E-state index in [4.69, 9.17) is 5.11 Å². The van der Waals surface area contributed by atoms with Crippen molar-refractivity contribution in [3.63, 3.8) is 0 Å². The summed E-state index contributed by atoms with van der Waals surface area (Å²) >= 11 is 1.93. The second-order valence-corrected chi connectivity index (χ2v) is 9.03. The Morgan fingerprint density at radius 1 is 1.08 bits per heavy atom. The molecule has 0 radical (unpaired) electrons. The molecule has 1 aliphatic carbocycles. The first kappa shape index (κ1) is 18.5. The first-order valence-electron chi connectivity index (χ1n) is 9.82. The monoisotopic (exact) mass is 382 g/mol. The lowest BCUT2D eigenvalue weighted by Crippen LogP contribution is -2.48. The Balaban J connectivity index is 1.51. The van der Waals surface area contributed by atoms with Crippen molar-refractivity contribution in [3.05, 3.63) is 24.3 Å². The quantitative estimate of drug-likeness (QED) is 0.844. The molecule has 2 heterocycles. The number of para-hydroxylation sites is 1. The summed E-state index contributed by atoms with van der Waals surface area (Å²) in [6.45, 7) is 3.02. The molecular weight excluding hydrogens is 354 g/mol. The minimum absolute atomic E-state index is 0.0165. The summed E-state index contributed by atoms with van der Waals surface area (Å²) in [5.41, 5.74) is 1.25. The lowest BCUT2D eigenvalue weighted by atomic mass is 9.88. The maximum Gasteiger partial charge on any atom is 0.248 e. The van der Waals surface area contributed by atoms with Crippen LogP contribution in [0.2, 0.25) is 0 Å². The van der Waals surface area contributed by atoms with E-state index in [2.05, 4.69) is 34.1 Å². The van der Waals surface area contributed by atoms with Crippen molar-refractivity contribution in [2.45, 2.75) is 60.8 Å². The van der Waals surface area contributed by atoms with Crippen molar-refractivity contribution < 1.29 is 13.9 Å². The van der Waals surface area contributed by atoms with Gasteiger partial charge in [-0.3, -0.25) is 0 Å². The van der Waals surface area contributed by atoms with Crippen LogP contribution in [-0.4, -0.2) is 53.6 Å². The number of hydrogen-bond acceptors (Lipinski definition) is 4. The summed E-state index contributed by atoms with van der Waals surface area (Å²) in [6.07, 6.45) is 3.44. The number of alkyl halides is 2. The van der Waals surface area contributed by atoms with Gasteiger partial charge in [0, 0.05) is 30.3 Å². The maximum atomic E-state index is 13.7. The second kappa shape index (κ2) is 7.64. The highest BCUT2D eigenvalue weighted by atomic mass is 32.2. The first-order chi connectivity index (χ1) is 12.6. The van der Waals surface area contributed by atoms with E-state index in [1.807, 2.05) is 11.8 Å². The first-order valence-corrected chi connectivity index (χ1v) is 10.7. The number of likely N-dealkylation sites (tertiary alicyclic amines) is 1. The molecule has 1 saturated heterocycles. The van der Waals surface area contributed by atoms with Crippen LogP contribution in [0.1, 0.15) is 38.5 Å². The van der Waals surface area contributed by atoms with Crippen LogP contribution in [0.3, 0.4) is 0 Å². The third-order valence-electron chi connectivity index (χ3n) is 6.20. The molecule has 1 saturated carbocycles. The van der Waals surface area contributed by atoms with E-state index in [0.29, 0.717) is 24.1 Å². The molecule has 1 aromatic carbocycles. The molecule has 4 rings (SSSR count). The van der Waals surface area contributed by atoms with E-state index in [9.17, 15) is 8.78 Å². The predicted octanol–water partition coefficient (Wildman–Crippen LogP) is 4.21. The Morgan fingerprint density at radius 2 is 1.77 bits per heavy atom. The molecule has 1 N–H and O–H groups in total. The van der Waals surface area contributed by atoms with Gasteiger partial charge in [0.05, 0.1) is 17.7 Å². The summed E-state index contributed by atoms with van der Waals surface area (Å²) in [5.74, 6) is -1.90. The zero-order valence-corrected chi connectivity index (χ0v) is 15.9. The minimum Gasteiger partial charge on any atom is -0.395 e. The van der Waals surface area contributed by atoms with Crippen LogP contribution < -0.4 is 4.90 Å². The van der Waals surface area contributed by atoms with Gasteiger partial charge in [0.2, 0.25) is 5.92 Å². The standard InChI is InChI=1S/C20H28F2N2OS/c21-20(22)9-5-16(6-10-20)24-17-3-1-2-4-18(17)26-19(24)15-7-11-23(12-8-15)13-14-25/h1-4,15-16,19,25H,5-14H2. The molecule has 144 valence electrons. The average molecular weight is 383 g/mol. The van der Waals surface area contributed by atoms with E-state index in [0.717, 1.165) is 32.5 Å². The third kappa shape index (κ3) is 3.73. The van der Waals surface area contributed by atoms with E-state index < -0.39 is 5.92 Å². The van der Waals surface area contributed by atoms with Gasteiger partial charge in [-0.1, -0.05) is 23.9 Å². The van der Waals surface area contributed by atoms with Crippen molar-refractivity contribution >= 4 is 17.4 Å². The SMILES string of the molecule is OCCN1CCC(C2Sc3ccccc3N2C2CCC(F)(F)CC2)CC1. The van der Waals surface area contributed by atoms with Gasteiger partial charge >= 0.3 is 0 Å². The number of halogens is 2. The molecule has 2 aliphatic heterocycles. The highest BCUT2D eigenvalue weighted by molar-refractivity contribution is 8.00. The van der Waals surface area contributed by atoms with Crippen LogP contribution in [0.4, 0.5) is 14.5 Å². The fourth-order valence-corrected chi connectivity index (χ4v) is 6.30. The van der Waals surface area contributed by atoms with Crippen molar-refractivity contribution in [2.24, 2.45) is 5.92 Å². The van der Waals surface area contributed by atoms with Crippen molar-refractivity contribution in [1.29, 1.82) is 0 Å². The molecule has 1 unspecified atom stereocenters. The number of β-amino-alcohol motifs (C(OH)–C–C–N with tert-alkyl or cyclic N) is 1. The topological polar surface area (TPSA) is 26.7 Å². The zero-order chi connectivity index (χ0) is 18.1. The lowest BCUT2D eigenvalue weighted by molar-refractivity contribution is -0.0385. The number of piperidine rings is 1. The number of aliphatic hydroxyl groups excluding tert-OH is 1. The van der Waals surface area contributed by atoms with E-state index >= 15 is 0 Å². The van der Waals surface area contributed by atoms with Crippen LogP contribution in [0.15, 0.2) is 29.2 Å². The van der Waals surface area contributed by atoms with Crippen LogP contribution in [-0.2, 0) is 0 Å². The molecule has 0 spiro atoms. The third-order valence-corrected chi connectivity index (χ3v) is 7.65. The van der Waals surface area contributed by atoms with Crippen molar-refractivity contribution in [3.8, 4) is 0 Å². The molecule has 0 aromatic heterocycles. The molecule has 6 heteroatoms. The summed E-state index contributed by atoms with van der Waals surface area (Å²) in [4.78, 5) is 6.11. The zero-order valence-electron chi connectivity index (χ0n) is 15.1. The van der Waals surface area contributed by atoms with Gasteiger partial charge in [-0.25, -0.2) is 8.78 Å². The second-order valence-electron chi connectivity index (χ2n) is 7.87. The summed E-state index contributed by atoms with van der Waals surface area (Å²) in [6, 6.07) is 8.70. The molecular formula is C20H28F2N2OS. The Bertz CT molecular complexity index is 612. The van der Waals surface area contributed by atoms with Gasteiger partial charge < -0.3 is 14.9 Å². The molecule has 1 aromatic rings. The molecule has 3 aliphatic rings. The lowest BCUT2D eigenvalue weighted by Gasteiger charge is -2.43. The van der Waals surface area contributed by atoms with Crippen molar-refractivity contribution in [2.75, 3.05) is 31.1 Å². The fraction of sp³-hybridized carbons (Fsp3) is 0.700. The van der Waals surface area contributed by atoms with Crippen LogP contribution >= 0.6 is 11.8 Å². The Morgan fingerprint density at radius 3 is 2.46 bits per heavy atom. The molecule has 3 nitrogen and oxygen atoms in total. The Kier molecular flexibility index (Phi) is 5.44. The molecule has 1 atom stereocenters. The highest BCUT2D eigenvalue weighted by Gasteiger charge is 2.44. The number of rotatable bonds is 4. The summed E-state index contributed by atoms with van der Waals surface area (Å²) in [7, 11) is 0. The van der Waals surface area contributed by atoms with E-state index in [-0.39, 0.29) is 25.5 Å². The van der Waals surface area contributed by atoms with Crippen LogP contribution in [0.25, 0.3) is 0 Å². The minimum atomic E-state index is -2.48. The number of fused-ring (bicyclic) bond motifs is 1. The number of anilines is 1. The maximum absolute atomic E-state index is 13.7. The normalized spacial score (nSPS) is 27.7. The van der Waals surface area contributed by atoms with Gasteiger partial charge in [-0.15, -0.1) is 0 Å². The summed E-state index contributed by atoms with van der Waals surface area (Å²) < 4.78 is 27.4.